The number of amides is 2. The maximum Gasteiger partial charge on any atom is 0.471 e. The minimum Gasteiger partial charge on any atom is -0.444 e. The van der Waals surface area contributed by atoms with Gasteiger partial charge in [0.15, 0.2) is 6.23 Å². The molecule has 0 radical (unpaired) electrons. The molecule has 1 N–H and O–H groups in total. The summed E-state index contributed by atoms with van der Waals surface area (Å²) in [7, 11) is 0. The molecule has 0 aliphatic carbocycles. The van der Waals surface area contributed by atoms with E-state index in [4.69, 9.17) is 9.47 Å². The first-order chi connectivity index (χ1) is 11.8. The molecule has 0 bridgehead atoms. The van der Waals surface area contributed by atoms with Crippen LogP contribution in [0.3, 0.4) is 0 Å². The Morgan fingerprint density at radius 2 is 1.96 bits per heavy atom. The van der Waals surface area contributed by atoms with Crippen LogP contribution in [-0.4, -0.2) is 48.5 Å². The van der Waals surface area contributed by atoms with Crippen LogP contribution in [0.1, 0.15) is 18.9 Å². The molecule has 1 aliphatic heterocycles. The Kier molecular flexibility index (Phi) is 6.24. The van der Waals surface area contributed by atoms with Gasteiger partial charge in [-0.1, -0.05) is 30.3 Å². The Morgan fingerprint density at radius 3 is 2.56 bits per heavy atom. The topological polar surface area (TPSA) is 67.9 Å². The molecule has 0 aromatic heterocycles. The molecule has 1 aromatic rings. The van der Waals surface area contributed by atoms with Gasteiger partial charge in [0.1, 0.15) is 6.61 Å². The van der Waals surface area contributed by atoms with Gasteiger partial charge in [-0.25, -0.2) is 4.79 Å². The molecule has 1 unspecified atom stereocenters. The summed E-state index contributed by atoms with van der Waals surface area (Å²) in [6.07, 6.45) is -6.55. The van der Waals surface area contributed by atoms with Crippen molar-refractivity contribution in [3.63, 3.8) is 0 Å². The van der Waals surface area contributed by atoms with Gasteiger partial charge < -0.3 is 14.8 Å². The molecule has 2 atom stereocenters. The van der Waals surface area contributed by atoms with Crippen molar-refractivity contribution in [1.82, 2.24) is 10.2 Å². The minimum absolute atomic E-state index is 0.0363. The van der Waals surface area contributed by atoms with Crippen LogP contribution in [0.5, 0.6) is 0 Å². The predicted molar refractivity (Wildman–Crippen MR) is 81.3 cm³/mol. The van der Waals surface area contributed by atoms with Gasteiger partial charge in [-0.15, -0.1) is 0 Å². The van der Waals surface area contributed by atoms with Crippen LogP contribution in [-0.2, 0) is 20.9 Å². The molecule has 1 saturated heterocycles. The predicted octanol–water partition coefficient (Wildman–Crippen LogP) is 2.44. The zero-order valence-electron chi connectivity index (χ0n) is 13.6. The summed E-state index contributed by atoms with van der Waals surface area (Å²) in [4.78, 5) is 24.5. The second kappa shape index (κ2) is 8.19. The third-order valence-electron chi connectivity index (χ3n) is 3.68. The van der Waals surface area contributed by atoms with E-state index in [0.717, 1.165) is 5.56 Å². The van der Waals surface area contributed by atoms with Crippen molar-refractivity contribution in [2.24, 2.45) is 0 Å². The van der Waals surface area contributed by atoms with Crippen molar-refractivity contribution in [1.29, 1.82) is 0 Å². The van der Waals surface area contributed by atoms with Crippen LogP contribution < -0.4 is 5.32 Å². The Balaban J connectivity index is 1.97. The highest BCUT2D eigenvalue weighted by atomic mass is 19.4. The highest BCUT2D eigenvalue weighted by Crippen LogP contribution is 2.23. The van der Waals surface area contributed by atoms with E-state index in [1.165, 1.54) is 4.90 Å². The van der Waals surface area contributed by atoms with E-state index in [-0.39, 0.29) is 26.2 Å². The lowest BCUT2D eigenvalue weighted by Gasteiger charge is -2.27. The lowest BCUT2D eigenvalue weighted by atomic mass is 10.2. The molecule has 1 heterocycles. The molecule has 2 amide bonds. The van der Waals surface area contributed by atoms with Gasteiger partial charge in [0.25, 0.3) is 0 Å². The molecular weight excluding hydrogens is 341 g/mol. The van der Waals surface area contributed by atoms with Gasteiger partial charge in [0.2, 0.25) is 0 Å². The van der Waals surface area contributed by atoms with Crippen LogP contribution in [0.25, 0.3) is 0 Å². The third-order valence-corrected chi connectivity index (χ3v) is 3.68. The lowest BCUT2D eigenvalue weighted by molar-refractivity contribution is -0.175. The van der Waals surface area contributed by atoms with Crippen molar-refractivity contribution in [2.75, 3.05) is 13.2 Å². The summed E-state index contributed by atoms with van der Waals surface area (Å²) in [5.74, 6) is -2.05. The van der Waals surface area contributed by atoms with Crippen molar-refractivity contribution >= 4 is 12.0 Å². The largest absolute Gasteiger partial charge is 0.471 e. The highest BCUT2D eigenvalue weighted by molar-refractivity contribution is 5.82. The SMILES string of the molecule is CCOC1[C@H](NC(=O)C(F)(F)F)CCN1C(=O)OCc1ccccc1. The van der Waals surface area contributed by atoms with Crippen LogP contribution in [0.4, 0.5) is 18.0 Å². The van der Waals surface area contributed by atoms with E-state index in [2.05, 4.69) is 0 Å². The molecule has 0 saturated carbocycles. The number of halogens is 3. The first-order valence-electron chi connectivity index (χ1n) is 7.79. The van der Waals surface area contributed by atoms with Crippen LogP contribution >= 0.6 is 0 Å². The summed E-state index contributed by atoms with van der Waals surface area (Å²) < 4.78 is 47.8. The second-order valence-corrected chi connectivity index (χ2v) is 5.45. The van der Waals surface area contributed by atoms with Gasteiger partial charge in [0, 0.05) is 13.2 Å². The number of benzene rings is 1. The van der Waals surface area contributed by atoms with E-state index >= 15 is 0 Å². The highest BCUT2D eigenvalue weighted by Gasteiger charge is 2.45. The number of alkyl halides is 3. The average Bonchev–Trinajstić information content (AvgIpc) is 2.96. The average molecular weight is 360 g/mol. The fourth-order valence-corrected chi connectivity index (χ4v) is 2.53. The molecule has 1 aliphatic rings. The van der Waals surface area contributed by atoms with E-state index < -0.39 is 30.4 Å². The normalized spacial score (nSPS) is 20.4. The smallest absolute Gasteiger partial charge is 0.444 e. The molecule has 2 rings (SSSR count). The lowest BCUT2D eigenvalue weighted by Crippen LogP contribution is -2.51. The Labute approximate surface area is 142 Å². The number of nitrogens with zero attached hydrogens (tertiary/aromatic N) is 1. The Hall–Kier alpha value is -2.29. The number of carbonyl (C=O) groups excluding carboxylic acids is 2. The maximum atomic E-state index is 12.4. The van der Waals surface area contributed by atoms with Crippen LogP contribution in [0, 0.1) is 0 Å². The van der Waals surface area contributed by atoms with Gasteiger partial charge in [-0.3, -0.25) is 9.69 Å². The summed E-state index contributed by atoms with van der Waals surface area (Å²) in [6, 6.07) is 8.03. The second-order valence-electron chi connectivity index (χ2n) is 5.45. The minimum atomic E-state index is -4.99. The number of likely N-dealkylation sites (tertiary alicyclic amines) is 1. The number of nitrogens with one attached hydrogen (secondary N) is 1. The molecule has 138 valence electrons. The number of ether oxygens (including phenoxy) is 2. The molecule has 1 aromatic carbocycles. The third kappa shape index (κ3) is 5.09. The van der Waals surface area contributed by atoms with Crippen LogP contribution in [0.15, 0.2) is 30.3 Å². The maximum absolute atomic E-state index is 12.4. The number of carbonyl (C=O) groups is 2. The van der Waals surface area contributed by atoms with E-state index in [9.17, 15) is 22.8 Å². The van der Waals surface area contributed by atoms with Crippen molar-refractivity contribution in [3.05, 3.63) is 35.9 Å². The summed E-state index contributed by atoms with van der Waals surface area (Å²) in [5, 5.41) is 1.87. The molecule has 0 spiro atoms. The van der Waals surface area contributed by atoms with E-state index in [1.807, 2.05) is 11.4 Å². The fourth-order valence-electron chi connectivity index (χ4n) is 2.53. The van der Waals surface area contributed by atoms with Gasteiger partial charge >= 0.3 is 18.2 Å². The van der Waals surface area contributed by atoms with E-state index in [0.29, 0.717) is 0 Å². The molecule has 25 heavy (non-hydrogen) atoms. The first kappa shape index (κ1) is 19.0. The number of hydrogen-bond donors (Lipinski definition) is 1. The Morgan fingerprint density at radius 1 is 1.28 bits per heavy atom. The van der Waals surface area contributed by atoms with Crippen molar-refractivity contribution in [3.8, 4) is 0 Å². The quantitative estimate of drug-likeness (QED) is 0.876. The monoisotopic (exact) mass is 360 g/mol. The molecule has 6 nitrogen and oxygen atoms in total. The zero-order valence-corrected chi connectivity index (χ0v) is 13.6. The zero-order chi connectivity index (χ0) is 18.4. The molecular formula is C16H19F3N2O4. The molecule has 9 heteroatoms. The number of rotatable bonds is 5. The fraction of sp³-hybridized carbons (Fsp3) is 0.500. The van der Waals surface area contributed by atoms with Gasteiger partial charge in [0.05, 0.1) is 6.04 Å². The standard InChI is InChI=1S/C16H19F3N2O4/c1-2-24-13-12(20-14(22)16(17,18)19)8-9-21(13)15(23)25-10-11-6-4-3-5-7-11/h3-7,12-13H,2,8-10H2,1H3,(H,20,22)/t12-,13?/m1/s1. The number of hydrogen-bond acceptors (Lipinski definition) is 4. The van der Waals surface area contributed by atoms with Crippen molar-refractivity contribution in [2.45, 2.75) is 38.4 Å². The summed E-state index contributed by atoms with van der Waals surface area (Å²) in [6.45, 7) is 1.98. The van der Waals surface area contributed by atoms with Gasteiger partial charge in [-0.05, 0) is 18.9 Å². The van der Waals surface area contributed by atoms with Gasteiger partial charge in [-0.2, -0.15) is 13.2 Å². The Bertz CT molecular complexity index is 595. The van der Waals surface area contributed by atoms with Crippen molar-refractivity contribution < 1.29 is 32.2 Å². The summed E-state index contributed by atoms with van der Waals surface area (Å²) in [5.41, 5.74) is 0.782. The first-order valence-corrected chi connectivity index (χ1v) is 7.79. The molecule has 1 fully saturated rings. The van der Waals surface area contributed by atoms with Crippen LogP contribution in [0.2, 0.25) is 0 Å². The summed E-state index contributed by atoms with van der Waals surface area (Å²) >= 11 is 0. The van der Waals surface area contributed by atoms with E-state index in [1.54, 1.807) is 31.2 Å².